The lowest BCUT2D eigenvalue weighted by Gasteiger charge is -2.11. The van der Waals surface area contributed by atoms with Crippen molar-refractivity contribution in [1.29, 1.82) is 0 Å². The summed E-state index contributed by atoms with van der Waals surface area (Å²) in [5.41, 5.74) is 4.72. The van der Waals surface area contributed by atoms with Gasteiger partial charge in [0, 0.05) is 29.7 Å². The van der Waals surface area contributed by atoms with Crippen molar-refractivity contribution in [3.63, 3.8) is 0 Å². The zero-order valence-electron chi connectivity index (χ0n) is 14.7. The number of halogens is 1. The zero-order chi connectivity index (χ0) is 18.5. The molecule has 1 amide bonds. The van der Waals surface area contributed by atoms with E-state index in [-0.39, 0.29) is 24.0 Å². The molecule has 5 heteroatoms. The van der Waals surface area contributed by atoms with E-state index >= 15 is 0 Å². The highest BCUT2D eigenvalue weighted by atomic mass is 19.1. The predicted molar refractivity (Wildman–Crippen MR) is 101 cm³/mol. The SMILES string of the molecule is Cc1ccc(C)c(Nc2ccnc(C(=O)NCc3ccccc3F)c2)c1. The second kappa shape index (κ2) is 7.78. The van der Waals surface area contributed by atoms with Gasteiger partial charge in [0.05, 0.1) is 0 Å². The minimum absolute atomic E-state index is 0.113. The van der Waals surface area contributed by atoms with Gasteiger partial charge in [0.15, 0.2) is 0 Å². The fourth-order valence-electron chi connectivity index (χ4n) is 2.57. The molecule has 0 spiro atoms. The van der Waals surface area contributed by atoms with Crippen molar-refractivity contribution in [2.75, 3.05) is 5.32 Å². The monoisotopic (exact) mass is 349 g/mol. The molecule has 0 saturated carbocycles. The second-order valence-corrected chi connectivity index (χ2v) is 6.15. The molecular weight excluding hydrogens is 329 g/mol. The van der Waals surface area contributed by atoms with E-state index in [4.69, 9.17) is 0 Å². The summed E-state index contributed by atoms with van der Waals surface area (Å²) in [5, 5.41) is 6.01. The number of aromatic nitrogens is 1. The third-order valence-electron chi connectivity index (χ3n) is 4.06. The lowest BCUT2D eigenvalue weighted by atomic mass is 10.1. The highest BCUT2D eigenvalue weighted by molar-refractivity contribution is 5.93. The van der Waals surface area contributed by atoms with Crippen molar-refractivity contribution in [3.8, 4) is 0 Å². The van der Waals surface area contributed by atoms with Crippen LogP contribution in [-0.2, 0) is 6.54 Å². The van der Waals surface area contributed by atoms with Gasteiger partial charge < -0.3 is 10.6 Å². The maximum absolute atomic E-state index is 13.6. The van der Waals surface area contributed by atoms with Crippen molar-refractivity contribution in [1.82, 2.24) is 10.3 Å². The Hall–Kier alpha value is -3.21. The molecule has 0 aliphatic heterocycles. The van der Waals surface area contributed by atoms with Gasteiger partial charge in [-0.1, -0.05) is 30.3 Å². The number of carbonyl (C=O) groups is 1. The standard InChI is InChI=1S/C21H20FN3O/c1-14-7-8-15(2)19(11-14)25-17-9-10-23-20(12-17)21(26)24-13-16-5-3-4-6-18(16)22/h3-12H,13H2,1-2H3,(H,23,25)(H,24,26). The lowest BCUT2D eigenvalue weighted by Crippen LogP contribution is -2.24. The highest BCUT2D eigenvalue weighted by Crippen LogP contribution is 2.22. The average Bonchev–Trinajstić information content (AvgIpc) is 2.64. The number of anilines is 2. The summed E-state index contributed by atoms with van der Waals surface area (Å²) >= 11 is 0. The van der Waals surface area contributed by atoms with Gasteiger partial charge in [-0.15, -0.1) is 0 Å². The molecule has 4 nitrogen and oxygen atoms in total. The number of benzene rings is 2. The van der Waals surface area contributed by atoms with E-state index in [1.165, 1.54) is 6.07 Å². The summed E-state index contributed by atoms with van der Waals surface area (Å²) in [6.45, 7) is 4.16. The van der Waals surface area contributed by atoms with Gasteiger partial charge in [0.25, 0.3) is 5.91 Å². The number of nitrogens with zero attached hydrogens (tertiary/aromatic N) is 1. The molecule has 0 atom stereocenters. The average molecular weight is 349 g/mol. The Bertz CT molecular complexity index is 940. The van der Waals surface area contributed by atoms with Gasteiger partial charge in [-0.05, 0) is 49.2 Å². The summed E-state index contributed by atoms with van der Waals surface area (Å²) in [4.78, 5) is 16.4. The van der Waals surface area contributed by atoms with Crippen LogP contribution in [0.1, 0.15) is 27.2 Å². The van der Waals surface area contributed by atoms with E-state index in [1.807, 2.05) is 26.0 Å². The molecule has 0 bridgehead atoms. The van der Waals surface area contributed by atoms with Crippen LogP contribution in [0.25, 0.3) is 0 Å². The van der Waals surface area contributed by atoms with E-state index in [9.17, 15) is 9.18 Å². The molecule has 26 heavy (non-hydrogen) atoms. The van der Waals surface area contributed by atoms with Crippen LogP contribution in [0.2, 0.25) is 0 Å². The minimum Gasteiger partial charge on any atom is -0.355 e. The molecule has 0 aliphatic carbocycles. The number of rotatable bonds is 5. The molecule has 1 heterocycles. The molecule has 132 valence electrons. The largest absolute Gasteiger partial charge is 0.355 e. The summed E-state index contributed by atoms with van der Waals surface area (Å²) in [6, 6.07) is 16.0. The molecule has 3 rings (SSSR count). The Balaban J connectivity index is 1.71. The highest BCUT2D eigenvalue weighted by Gasteiger charge is 2.10. The van der Waals surface area contributed by atoms with E-state index in [0.29, 0.717) is 5.56 Å². The molecule has 3 aromatic rings. The third-order valence-corrected chi connectivity index (χ3v) is 4.06. The van der Waals surface area contributed by atoms with Crippen LogP contribution in [0.4, 0.5) is 15.8 Å². The Labute approximate surface area is 152 Å². The normalized spacial score (nSPS) is 10.4. The molecular formula is C21H20FN3O. The number of aryl methyl sites for hydroxylation is 2. The van der Waals surface area contributed by atoms with Gasteiger partial charge in [0.2, 0.25) is 0 Å². The number of pyridine rings is 1. The molecule has 0 saturated heterocycles. The zero-order valence-corrected chi connectivity index (χ0v) is 14.7. The van der Waals surface area contributed by atoms with Crippen molar-refractivity contribution >= 4 is 17.3 Å². The van der Waals surface area contributed by atoms with E-state index in [0.717, 1.165) is 22.5 Å². The van der Waals surface area contributed by atoms with Crippen molar-refractivity contribution in [2.24, 2.45) is 0 Å². The number of amides is 1. The van der Waals surface area contributed by atoms with E-state index in [1.54, 1.807) is 36.5 Å². The fraction of sp³-hybridized carbons (Fsp3) is 0.143. The van der Waals surface area contributed by atoms with Gasteiger partial charge in [-0.2, -0.15) is 0 Å². The van der Waals surface area contributed by atoms with Gasteiger partial charge in [-0.3, -0.25) is 9.78 Å². The van der Waals surface area contributed by atoms with E-state index < -0.39 is 0 Å². The van der Waals surface area contributed by atoms with Gasteiger partial charge in [-0.25, -0.2) is 4.39 Å². The number of carbonyl (C=O) groups excluding carboxylic acids is 1. The summed E-state index contributed by atoms with van der Waals surface area (Å²) < 4.78 is 13.6. The van der Waals surface area contributed by atoms with Crippen LogP contribution in [0.5, 0.6) is 0 Å². The van der Waals surface area contributed by atoms with Crippen LogP contribution >= 0.6 is 0 Å². The summed E-state index contributed by atoms with van der Waals surface area (Å²) in [7, 11) is 0. The third kappa shape index (κ3) is 4.25. The Morgan fingerprint density at radius 3 is 2.69 bits per heavy atom. The lowest BCUT2D eigenvalue weighted by molar-refractivity contribution is 0.0945. The van der Waals surface area contributed by atoms with Crippen molar-refractivity contribution < 1.29 is 9.18 Å². The first kappa shape index (κ1) is 17.6. The minimum atomic E-state index is -0.349. The molecule has 2 N–H and O–H groups in total. The van der Waals surface area contributed by atoms with E-state index in [2.05, 4.69) is 21.7 Å². The Morgan fingerprint density at radius 2 is 1.88 bits per heavy atom. The van der Waals surface area contributed by atoms with Crippen molar-refractivity contribution in [2.45, 2.75) is 20.4 Å². The maximum atomic E-state index is 13.6. The van der Waals surface area contributed by atoms with Crippen LogP contribution in [-0.4, -0.2) is 10.9 Å². The molecule has 0 aliphatic rings. The summed E-state index contributed by atoms with van der Waals surface area (Å²) in [5.74, 6) is -0.691. The van der Waals surface area contributed by atoms with Crippen molar-refractivity contribution in [3.05, 3.63) is 89.0 Å². The first-order valence-corrected chi connectivity index (χ1v) is 8.35. The topological polar surface area (TPSA) is 54.0 Å². The van der Waals surface area contributed by atoms with Gasteiger partial charge >= 0.3 is 0 Å². The quantitative estimate of drug-likeness (QED) is 0.712. The van der Waals surface area contributed by atoms with Gasteiger partial charge in [0.1, 0.15) is 11.5 Å². The maximum Gasteiger partial charge on any atom is 0.270 e. The molecule has 0 fully saturated rings. The summed E-state index contributed by atoms with van der Waals surface area (Å²) in [6.07, 6.45) is 1.57. The molecule has 2 aromatic carbocycles. The molecule has 1 aromatic heterocycles. The Kier molecular flexibility index (Phi) is 5.27. The second-order valence-electron chi connectivity index (χ2n) is 6.15. The predicted octanol–water partition coefficient (Wildman–Crippen LogP) is 4.51. The Morgan fingerprint density at radius 1 is 1.08 bits per heavy atom. The first-order chi connectivity index (χ1) is 12.5. The van der Waals surface area contributed by atoms with Crippen LogP contribution < -0.4 is 10.6 Å². The number of hydrogen-bond acceptors (Lipinski definition) is 3. The number of hydrogen-bond donors (Lipinski definition) is 2. The molecule has 0 unspecified atom stereocenters. The van der Waals surface area contributed by atoms with Crippen LogP contribution in [0.3, 0.4) is 0 Å². The fourth-order valence-corrected chi connectivity index (χ4v) is 2.57. The molecule has 0 radical (unpaired) electrons. The number of nitrogens with one attached hydrogen (secondary N) is 2. The van der Waals surface area contributed by atoms with Crippen LogP contribution in [0.15, 0.2) is 60.8 Å². The smallest absolute Gasteiger partial charge is 0.270 e. The van der Waals surface area contributed by atoms with Crippen LogP contribution in [0, 0.1) is 19.7 Å². The first-order valence-electron chi connectivity index (χ1n) is 8.35.